The van der Waals surface area contributed by atoms with Crippen LogP contribution in [-0.2, 0) is 17.6 Å². The summed E-state index contributed by atoms with van der Waals surface area (Å²) in [6.07, 6.45) is 5.35. The van der Waals surface area contributed by atoms with Crippen LogP contribution in [0.5, 0.6) is 5.75 Å². The van der Waals surface area contributed by atoms with Crippen molar-refractivity contribution in [3.05, 3.63) is 29.3 Å². The second kappa shape index (κ2) is 8.56. The van der Waals surface area contributed by atoms with Crippen molar-refractivity contribution in [3.63, 3.8) is 0 Å². The Labute approximate surface area is 150 Å². The van der Waals surface area contributed by atoms with Crippen molar-refractivity contribution in [3.8, 4) is 5.75 Å². The Morgan fingerprint density at radius 2 is 2.20 bits per heavy atom. The lowest BCUT2D eigenvalue weighted by atomic mass is 9.93. The molecule has 0 aliphatic carbocycles. The molecule has 1 N–H and O–H groups in total. The minimum Gasteiger partial charge on any atom is -0.496 e. The van der Waals surface area contributed by atoms with Crippen LogP contribution in [0.1, 0.15) is 37.3 Å². The molecular formula is C20H30N2O3. The summed E-state index contributed by atoms with van der Waals surface area (Å²) in [6, 6.07) is 6.24. The SMILES string of the molecule is COc1cccc2c1CCN(C(=O)NCCC1CCOC(C)C1)CC2. The van der Waals surface area contributed by atoms with Crippen molar-refractivity contribution in [2.45, 2.75) is 45.1 Å². The molecule has 1 aromatic carbocycles. The van der Waals surface area contributed by atoms with Gasteiger partial charge in [-0.2, -0.15) is 0 Å². The third-order valence-electron chi connectivity index (χ3n) is 5.44. The first kappa shape index (κ1) is 18.1. The number of rotatable bonds is 4. The van der Waals surface area contributed by atoms with E-state index in [0.29, 0.717) is 12.0 Å². The highest BCUT2D eigenvalue weighted by atomic mass is 16.5. The van der Waals surface area contributed by atoms with E-state index in [0.717, 1.165) is 64.1 Å². The van der Waals surface area contributed by atoms with Gasteiger partial charge in [-0.1, -0.05) is 12.1 Å². The Morgan fingerprint density at radius 1 is 1.36 bits per heavy atom. The molecule has 2 unspecified atom stereocenters. The molecular weight excluding hydrogens is 316 g/mol. The van der Waals surface area contributed by atoms with Gasteiger partial charge in [0.2, 0.25) is 0 Å². The zero-order valence-corrected chi connectivity index (χ0v) is 15.4. The number of hydrogen-bond acceptors (Lipinski definition) is 3. The van der Waals surface area contributed by atoms with Crippen molar-refractivity contribution in [1.82, 2.24) is 10.2 Å². The van der Waals surface area contributed by atoms with Crippen LogP contribution in [0.3, 0.4) is 0 Å². The molecule has 0 aromatic heterocycles. The van der Waals surface area contributed by atoms with Gasteiger partial charge in [0.25, 0.3) is 0 Å². The monoisotopic (exact) mass is 346 g/mol. The van der Waals surface area contributed by atoms with Gasteiger partial charge in [-0.15, -0.1) is 0 Å². The van der Waals surface area contributed by atoms with E-state index < -0.39 is 0 Å². The van der Waals surface area contributed by atoms with Gasteiger partial charge in [0.1, 0.15) is 5.75 Å². The molecule has 3 rings (SSSR count). The zero-order valence-electron chi connectivity index (χ0n) is 15.4. The first-order chi connectivity index (χ1) is 12.2. The largest absolute Gasteiger partial charge is 0.496 e. The van der Waals surface area contributed by atoms with E-state index >= 15 is 0 Å². The van der Waals surface area contributed by atoms with Gasteiger partial charge in [-0.05, 0) is 62.1 Å². The maximum atomic E-state index is 12.5. The summed E-state index contributed by atoms with van der Waals surface area (Å²) >= 11 is 0. The molecule has 0 bridgehead atoms. The molecule has 1 aromatic rings. The van der Waals surface area contributed by atoms with E-state index in [-0.39, 0.29) is 6.03 Å². The van der Waals surface area contributed by atoms with Crippen molar-refractivity contribution in [2.75, 3.05) is 33.4 Å². The summed E-state index contributed by atoms with van der Waals surface area (Å²) < 4.78 is 11.1. The molecule has 25 heavy (non-hydrogen) atoms. The number of amides is 2. The Bertz CT molecular complexity index is 590. The molecule has 0 radical (unpaired) electrons. The normalized spacial score (nSPS) is 23.5. The zero-order chi connectivity index (χ0) is 17.6. The number of hydrogen-bond donors (Lipinski definition) is 1. The van der Waals surface area contributed by atoms with E-state index in [4.69, 9.17) is 9.47 Å². The lowest BCUT2D eigenvalue weighted by molar-refractivity contribution is 0.00112. The average molecular weight is 346 g/mol. The van der Waals surface area contributed by atoms with Gasteiger partial charge < -0.3 is 19.7 Å². The molecule has 5 nitrogen and oxygen atoms in total. The van der Waals surface area contributed by atoms with Crippen LogP contribution in [-0.4, -0.2) is 50.4 Å². The summed E-state index contributed by atoms with van der Waals surface area (Å²) in [6.45, 7) is 5.25. The molecule has 0 saturated carbocycles. The summed E-state index contributed by atoms with van der Waals surface area (Å²) in [4.78, 5) is 14.5. The van der Waals surface area contributed by atoms with Crippen molar-refractivity contribution in [2.24, 2.45) is 5.92 Å². The second-order valence-electron chi connectivity index (χ2n) is 7.18. The quantitative estimate of drug-likeness (QED) is 0.912. The van der Waals surface area contributed by atoms with Crippen molar-refractivity contribution in [1.29, 1.82) is 0 Å². The number of benzene rings is 1. The molecule has 1 fully saturated rings. The maximum Gasteiger partial charge on any atom is 0.317 e. The summed E-state index contributed by atoms with van der Waals surface area (Å²) in [5.74, 6) is 1.61. The number of nitrogens with one attached hydrogen (secondary N) is 1. The highest BCUT2D eigenvalue weighted by Crippen LogP contribution is 2.26. The fourth-order valence-electron chi connectivity index (χ4n) is 3.99. The van der Waals surface area contributed by atoms with Gasteiger partial charge in [-0.25, -0.2) is 4.79 Å². The van der Waals surface area contributed by atoms with Crippen LogP contribution in [0, 0.1) is 5.92 Å². The Balaban J connectivity index is 1.47. The summed E-state index contributed by atoms with van der Waals surface area (Å²) in [7, 11) is 1.71. The molecule has 1 saturated heterocycles. The van der Waals surface area contributed by atoms with Crippen molar-refractivity contribution < 1.29 is 14.3 Å². The third-order valence-corrected chi connectivity index (χ3v) is 5.44. The molecule has 138 valence electrons. The van der Waals surface area contributed by atoms with E-state index in [1.165, 1.54) is 11.1 Å². The van der Waals surface area contributed by atoms with E-state index in [2.05, 4.69) is 18.3 Å². The third kappa shape index (κ3) is 4.66. The number of carbonyl (C=O) groups is 1. The fraction of sp³-hybridized carbons (Fsp3) is 0.650. The van der Waals surface area contributed by atoms with Gasteiger partial charge >= 0.3 is 6.03 Å². The first-order valence-electron chi connectivity index (χ1n) is 9.46. The van der Waals surface area contributed by atoms with Gasteiger partial charge in [0.05, 0.1) is 13.2 Å². The predicted molar refractivity (Wildman–Crippen MR) is 98.1 cm³/mol. The Kier molecular flexibility index (Phi) is 6.19. The van der Waals surface area contributed by atoms with Crippen LogP contribution >= 0.6 is 0 Å². The number of carbonyl (C=O) groups excluding carboxylic acids is 1. The minimum atomic E-state index is 0.0619. The lowest BCUT2D eigenvalue weighted by Crippen LogP contribution is -2.42. The van der Waals surface area contributed by atoms with Crippen LogP contribution in [0.15, 0.2) is 18.2 Å². The summed E-state index contributed by atoms with van der Waals surface area (Å²) in [5.41, 5.74) is 2.54. The number of methoxy groups -OCH3 is 1. The topological polar surface area (TPSA) is 50.8 Å². The molecule has 2 aliphatic rings. The highest BCUT2D eigenvalue weighted by Gasteiger charge is 2.22. The van der Waals surface area contributed by atoms with E-state index in [9.17, 15) is 4.79 Å². The van der Waals surface area contributed by atoms with Crippen LogP contribution < -0.4 is 10.1 Å². The van der Waals surface area contributed by atoms with Crippen molar-refractivity contribution >= 4 is 6.03 Å². The Hall–Kier alpha value is -1.75. The predicted octanol–water partition coefficient (Wildman–Crippen LogP) is 3.01. The van der Waals surface area contributed by atoms with Crippen LogP contribution in [0.25, 0.3) is 0 Å². The molecule has 5 heteroatoms. The van der Waals surface area contributed by atoms with Gasteiger partial charge in [0.15, 0.2) is 0 Å². The first-order valence-corrected chi connectivity index (χ1v) is 9.46. The highest BCUT2D eigenvalue weighted by molar-refractivity contribution is 5.74. The second-order valence-corrected chi connectivity index (χ2v) is 7.18. The molecule has 0 spiro atoms. The van der Waals surface area contributed by atoms with Gasteiger partial charge in [-0.3, -0.25) is 0 Å². The standard InChI is InChI=1S/C20H30N2O3/c1-15-14-16(9-13-25-15)6-10-21-20(23)22-11-7-17-4-3-5-19(24-2)18(17)8-12-22/h3-5,15-16H,6-14H2,1-2H3,(H,21,23). The summed E-state index contributed by atoms with van der Waals surface area (Å²) in [5, 5.41) is 3.11. The fourth-order valence-corrected chi connectivity index (χ4v) is 3.99. The number of urea groups is 1. The number of ether oxygens (including phenoxy) is 2. The van der Waals surface area contributed by atoms with Crippen LogP contribution in [0.2, 0.25) is 0 Å². The van der Waals surface area contributed by atoms with Gasteiger partial charge in [0, 0.05) is 26.2 Å². The lowest BCUT2D eigenvalue weighted by Gasteiger charge is -2.27. The smallest absolute Gasteiger partial charge is 0.317 e. The number of fused-ring (bicyclic) bond motifs is 1. The molecule has 2 heterocycles. The molecule has 2 atom stereocenters. The van der Waals surface area contributed by atoms with E-state index in [1.54, 1.807) is 7.11 Å². The number of nitrogens with zero attached hydrogens (tertiary/aromatic N) is 1. The minimum absolute atomic E-state index is 0.0619. The molecule has 2 amide bonds. The van der Waals surface area contributed by atoms with Crippen LogP contribution in [0.4, 0.5) is 4.79 Å². The van der Waals surface area contributed by atoms with E-state index in [1.807, 2.05) is 17.0 Å². The molecule has 2 aliphatic heterocycles. The Morgan fingerprint density at radius 3 is 3.00 bits per heavy atom. The average Bonchev–Trinajstić information content (AvgIpc) is 2.84. The maximum absolute atomic E-state index is 12.5.